The zero-order valence-corrected chi connectivity index (χ0v) is 15.6. The van der Waals surface area contributed by atoms with Crippen molar-refractivity contribution in [2.24, 2.45) is 0 Å². The summed E-state index contributed by atoms with van der Waals surface area (Å²) >= 11 is 0. The van der Waals surface area contributed by atoms with Crippen molar-refractivity contribution in [3.05, 3.63) is 59.2 Å². The molecular weight excluding hydrogens is 352 g/mol. The third-order valence-corrected chi connectivity index (χ3v) is 5.76. The topological polar surface area (TPSA) is 86.7 Å². The highest BCUT2D eigenvalue weighted by atomic mass is 32.2. The average molecular weight is 374 g/mol. The van der Waals surface area contributed by atoms with Gasteiger partial charge in [-0.15, -0.1) is 0 Å². The van der Waals surface area contributed by atoms with E-state index >= 15 is 0 Å². The second-order valence-corrected chi connectivity index (χ2v) is 8.49. The molecular formula is C19H22N2O4S. The van der Waals surface area contributed by atoms with Crippen molar-refractivity contribution in [3.8, 4) is 5.75 Å². The number of nitrogens with one attached hydrogen (secondary N) is 1. The summed E-state index contributed by atoms with van der Waals surface area (Å²) in [5, 5.41) is 12.1. The van der Waals surface area contributed by atoms with Crippen LogP contribution in [0.25, 0.3) is 0 Å². The van der Waals surface area contributed by atoms with Gasteiger partial charge in [-0.05, 0) is 61.2 Å². The molecule has 0 radical (unpaired) electrons. The van der Waals surface area contributed by atoms with Crippen molar-refractivity contribution in [3.63, 3.8) is 0 Å². The Kier molecular flexibility index (Phi) is 4.91. The summed E-state index contributed by atoms with van der Waals surface area (Å²) in [6, 6.07) is 11.9. The van der Waals surface area contributed by atoms with Gasteiger partial charge in [0.25, 0.3) is 5.91 Å². The molecule has 0 saturated carbocycles. The number of phenols is 1. The Morgan fingerprint density at radius 3 is 2.58 bits per heavy atom. The SMILES string of the molecule is C[C@H]1Cc2cc(C(=O)NCCc3ccc(O)cc3)ccc2N1S(C)(=O)=O. The second-order valence-electron chi connectivity index (χ2n) is 6.63. The van der Waals surface area contributed by atoms with Gasteiger partial charge in [0, 0.05) is 18.2 Å². The standard InChI is InChI=1S/C19H22N2O4S/c1-13-11-16-12-15(5-8-18(16)21(13)26(2,24)25)19(23)20-10-9-14-3-6-17(22)7-4-14/h3-8,12-13,22H,9-11H2,1-2H3,(H,20,23)/t13-/m0/s1. The number of fused-ring (bicyclic) bond motifs is 1. The van der Waals surface area contributed by atoms with Crippen LogP contribution >= 0.6 is 0 Å². The van der Waals surface area contributed by atoms with Crippen molar-refractivity contribution >= 4 is 21.6 Å². The van der Waals surface area contributed by atoms with Crippen LogP contribution in [-0.2, 0) is 22.9 Å². The van der Waals surface area contributed by atoms with E-state index in [9.17, 15) is 18.3 Å². The van der Waals surface area contributed by atoms with Crippen LogP contribution in [0, 0.1) is 0 Å². The second kappa shape index (κ2) is 6.99. The molecule has 0 spiro atoms. The number of benzene rings is 2. The van der Waals surface area contributed by atoms with E-state index in [2.05, 4.69) is 5.32 Å². The summed E-state index contributed by atoms with van der Waals surface area (Å²) in [5.41, 5.74) is 3.07. The van der Waals surface area contributed by atoms with E-state index < -0.39 is 10.0 Å². The minimum atomic E-state index is -3.33. The Morgan fingerprint density at radius 2 is 1.92 bits per heavy atom. The van der Waals surface area contributed by atoms with Gasteiger partial charge in [-0.1, -0.05) is 12.1 Å². The molecule has 0 bridgehead atoms. The first-order chi connectivity index (χ1) is 12.3. The molecule has 2 aromatic carbocycles. The molecule has 1 atom stereocenters. The van der Waals surface area contributed by atoms with E-state index in [-0.39, 0.29) is 17.7 Å². The van der Waals surface area contributed by atoms with Gasteiger partial charge in [0.15, 0.2) is 0 Å². The van der Waals surface area contributed by atoms with E-state index in [0.29, 0.717) is 30.6 Å². The number of rotatable bonds is 5. The van der Waals surface area contributed by atoms with Crippen LogP contribution < -0.4 is 9.62 Å². The molecule has 0 aliphatic carbocycles. The van der Waals surface area contributed by atoms with Crippen LogP contribution in [0.2, 0.25) is 0 Å². The summed E-state index contributed by atoms with van der Waals surface area (Å²) < 4.78 is 25.3. The predicted octanol–water partition coefficient (Wildman–Crippen LogP) is 2.08. The maximum absolute atomic E-state index is 12.4. The number of carbonyl (C=O) groups is 1. The predicted molar refractivity (Wildman–Crippen MR) is 101 cm³/mol. The van der Waals surface area contributed by atoms with Crippen molar-refractivity contribution in [1.29, 1.82) is 0 Å². The number of anilines is 1. The summed E-state index contributed by atoms with van der Waals surface area (Å²) in [6.07, 6.45) is 2.45. The maximum atomic E-state index is 12.4. The molecule has 0 unspecified atom stereocenters. The third-order valence-electron chi connectivity index (χ3n) is 4.49. The number of nitrogens with zero attached hydrogens (tertiary/aromatic N) is 1. The highest BCUT2D eigenvalue weighted by Crippen LogP contribution is 2.34. The highest BCUT2D eigenvalue weighted by molar-refractivity contribution is 7.92. The van der Waals surface area contributed by atoms with Crippen LogP contribution in [0.3, 0.4) is 0 Å². The Bertz CT molecular complexity index is 923. The van der Waals surface area contributed by atoms with Gasteiger partial charge in [0.1, 0.15) is 5.75 Å². The molecule has 1 amide bonds. The molecule has 1 aliphatic rings. The monoisotopic (exact) mass is 374 g/mol. The number of hydrogen-bond donors (Lipinski definition) is 2. The van der Waals surface area contributed by atoms with Gasteiger partial charge in [-0.25, -0.2) is 8.42 Å². The van der Waals surface area contributed by atoms with Crippen molar-refractivity contribution < 1.29 is 18.3 Å². The minimum Gasteiger partial charge on any atom is -0.508 e. The van der Waals surface area contributed by atoms with E-state index in [1.54, 1.807) is 30.3 Å². The molecule has 3 rings (SSSR count). The zero-order chi connectivity index (χ0) is 18.9. The molecule has 2 N–H and O–H groups in total. The van der Waals surface area contributed by atoms with Crippen molar-refractivity contribution in [2.75, 3.05) is 17.1 Å². The summed E-state index contributed by atoms with van der Waals surface area (Å²) in [5.74, 6) is 0.0327. The first kappa shape index (κ1) is 18.3. The summed E-state index contributed by atoms with van der Waals surface area (Å²) in [7, 11) is -3.33. The van der Waals surface area contributed by atoms with E-state index in [1.165, 1.54) is 10.6 Å². The largest absolute Gasteiger partial charge is 0.508 e. The van der Waals surface area contributed by atoms with E-state index in [4.69, 9.17) is 0 Å². The van der Waals surface area contributed by atoms with Gasteiger partial charge in [0.05, 0.1) is 11.9 Å². The zero-order valence-electron chi connectivity index (χ0n) is 14.8. The Morgan fingerprint density at radius 1 is 1.23 bits per heavy atom. The van der Waals surface area contributed by atoms with Crippen molar-refractivity contribution in [1.82, 2.24) is 5.32 Å². The number of amides is 1. The Hall–Kier alpha value is -2.54. The van der Waals surface area contributed by atoms with Gasteiger partial charge in [-0.3, -0.25) is 9.10 Å². The fourth-order valence-corrected chi connectivity index (χ4v) is 4.60. The fraction of sp³-hybridized carbons (Fsp3) is 0.316. The lowest BCUT2D eigenvalue weighted by Gasteiger charge is -2.21. The molecule has 1 heterocycles. The van der Waals surface area contributed by atoms with E-state index in [1.807, 2.05) is 19.1 Å². The molecule has 2 aromatic rings. The summed E-state index contributed by atoms with van der Waals surface area (Å²) in [4.78, 5) is 12.4. The van der Waals surface area contributed by atoms with Crippen LogP contribution in [0.15, 0.2) is 42.5 Å². The molecule has 0 aromatic heterocycles. The first-order valence-corrected chi connectivity index (χ1v) is 10.3. The average Bonchev–Trinajstić information content (AvgIpc) is 2.91. The molecule has 0 saturated heterocycles. The van der Waals surface area contributed by atoms with Gasteiger partial charge < -0.3 is 10.4 Å². The lowest BCUT2D eigenvalue weighted by molar-refractivity contribution is 0.0954. The van der Waals surface area contributed by atoms with Gasteiger partial charge in [0.2, 0.25) is 10.0 Å². The molecule has 6 nitrogen and oxygen atoms in total. The van der Waals surface area contributed by atoms with Gasteiger partial charge >= 0.3 is 0 Å². The van der Waals surface area contributed by atoms with Crippen LogP contribution in [0.1, 0.15) is 28.4 Å². The first-order valence-electron chi connectivity index (χ1n) is 8.44. The Balaban J connectivity index is 1.66. The van der Waals surface area contributed by atoms with E-state index in [0.717, 1.165) is 11.1 Å². The normalized spacial score (nSPS) is 16.4. The van der Waals surface area contributed by atoms with Crippen LogP contribution in [0.4, 0.5) is 5.69 Å². The van der Waals surface area contributed by atoms with Crippen molar-refractivity contribution in [2.45, 2.75) is 25.8 Å². The lowest BCUT2D eigenvalue weighted by Crippen LogP contribution is -2.34. The third kappa shape index (κ3) is 3.83. The number of carbonyl (C=O) groups excluding carboxylic acids is 1. The van der Waals surface area contributed by atoms with Gasteiger partial charge in [-0.2, -0.15) is 0 Å². The summed E-state index contributed by atoms with van der Waals surface area (Å²) in [6.45, 7) is 2.34. The Labute approximate surface area is 153 Å². The molecule has 0 fully saturated rings. The number of hydrogen-bond acceptors (Lipinski definition) is 4. The lowest BCUT2D eigenvalue weighted by atomic mass is 10.1. The maximum Gasteiger partial charge on any atom is 0.251 e. The fourth-order valence-electron chi connectivity index (χ4n) is 3.33. The number of aromatic hydroxyl groups is 1. The van der Waals surface area contributed by atoms with Crippen LogP contribution in [0.5, 0.6) is 5.75 Å². The highest BCUT2D eigenvalue weighted by Gasteiger charge is 2.32. The number of phenolic OH excluding ortho intramolecular Hbond substituents is 1. The number of sulfonamides is 1. The molecule has 1 aliphatic heterocycles. The molecule has 7 heteroatoms. The smallest absolute Gasteiger partial charge is 0.251 e. The quantitative estimate of drug-likeness (QED) is 0.839. The minimum absolute atomic E-state index is 0.146. The molecule has 26 heavy (non-hydrogen) atoms. The molecule has 138 valence electrons. The van der Waals surface area contributed by atoms with Crippen LogP contribution in [-0.4, -0.2) is 38.3 Å².